The zero-order valence-corrected chi connectivity index (χ0v) is 23.2. The molecule has 2 rings (SSSR count). The van der Waals surface area contributed by atoms with Crippen LogP contribution < -0.4 is 28.7 Å². The number of nitrogens with zero attached hydrogens (tertiary/aromatic N) is 1. The summed E-state index contributed by atoms with van der Waals surface area (Å²) in [4.78, 5) is 44.0. The van der Waals surface area contributed by atoms with Crippen molar-refractivity contribution in [3.8, 4) is 5.75 Å². The minimum atomic E-state index is -1.17. The zero-order valence-electron chi connectivity index (χ0n) is 23.2. The van der Waals surface area contributed by atoms with E-state index in [9.17, 15) is 19.2 Å². The highest BCUT2D eigenvalue weighted by molar-refractivity contribution is 5.76. The van der Waals surface area contributed by atoms with Crippen LogP contribution in [0.15, 0.2) is 59.6 Å². The third kappa shape index (κ3) is 25.5. The van der Waals surface area contributed by atoms with Crippen LogP contribution in [0.1, 0.15) is 36.8 Å². The summed E-state index contributed by atoms with van der Waals surface area (Å²) < 4.78 is 0. The molecule has 0 aromatic heterocycles. The van der Waals surface area contributed by atoms with Crippen LogP contribution in [0.4, 0.5) is 0 Å². The van der Waals surface area contributed by atoms with Crippen molar-refractivity contribution in [1.82, 2.24) is 0 Å². The molecule has 0 spiro atoms. The number of aliphatic carboxylic acids is 4. The third-order valence-electron chi connectivity index (χ3n) is 4.84. The lowest BCUT2D eigenvalue weighted by molar-refractivity contribution is -0.140. The summed E-state index contributed by atoms with van der Waals surface area (Å²) in [5.74, 6) is -3.90. The molecule has 0 bridgehead atoms. The highest BCUT2D eigenvalue weighted by Crippen LogP contribution is 2.09. The minimum absolute atomic E-state index is 0.000278. The summed E-state index contributed by atoms with van der Waals surface area (Å²) in [6, 6.07) is 14.5. The van der Waals surface area contributed by atoms with E-state index >= 15 is 0 Å². The molecule has 15 heteroatoms. The van der Waals surface area contributed by atoms with Gasteiger partial charge in [-0.05, 0) is 55.5 Å². The molecule has 0 aliphatic rings. The van der Waals surface area contributed by atoms with Crippen molar-refractivity contribution in [2.75, 3.05) is 13.1 Å². The Morgan fingerprint density at radius 3 is 1.69 bits per heavy atom. The maximum atomic E-state index is 10.2. The highest BCUT2D eigenvalue weighted by Gasteiger charge is 2.12. The summed E-state index contributed by atoms with van der Waals surface area (Å²) in [6.07, 6.45) is 1.72. The normalized spacial score (nSPS) is 10.9. The van der Waals surface area contributed by atoms with E-state index in [1.807, 2.05) is 18.2 Å². The van der Waals surface area contributed by atoms with Crippen molar-refractivity contribution in [1.29, 1.82) is 0 Å². The van der Waals surface area contributed by atoms with E-state index < -0.39 is 36.0 Å². The molecule has 2 aromatic rings. The van der Waals surface area contributed by atoms with Gasteiger partial charge in [-0.15, -0.1) is 0 Å². The summed E-state index contributed by atoms with van der Waals surface area (Å²) in [5.41, 5.74) is 27.7. The molecule has 15 N–H and O–H groups in total. The number of aromatic hydroxyl groups is 1. The molecule has 2 atom stereocenters. The number of phenolic OH excluding ortho intramolecular Hbond substituents is 1. The Balaban J connectivity index is 0. The van der Waals surface area contributed by atoms with Gasteiger partial charge in [-0.2, -0.15) is 0 Å². The Kier molecular flexibility index (Phi) is 22.6. The first-order valence-electron chi connectivity index (χ1n) is 12.7. The highest BCUT2D eigenvalue weighted by atomic mass is 16.4. The molecule has 0 aliphatic carbocycles. The molecule has 0 aliphatic heterocycles. The predicted octanol–water partition coefficient (Wildman–Crippen LogP) is -0.0779. The first kappa shape index (κ1) is 39.4. The topological polar surface area (TPSA) is 312 Å². The quantitative estimate of drug-likeness (QED) is 0.0824. The predicted molar refractivity (Wildman–Crippen MR) is 157 cm³/mol. The minimum Gasteiger partial charge on any atom is -0.508 e. The van der Waals surface area contributed by atoms with E-state index in [2.05, 4.69) is 17.1 Å². The number of benzene rings is 2. The molecule has 2 aromatic carbocycles. The molecule has 15 nitrogen and oxygen atoms in total. The average Bonchev–Trinajstić information content (AvgIpc) is 2.92. The van der Waals surface area contributed by atoms with Gasteiger partial charge in [0.2, 0.25) is 0 Å². The average molecular weight is 595 g/mol. The SMILES string of the molecule is NC(N)=NCCC[C@@H](N)C(=O)O.NCCc1ccccc1.N[C@H](CCC(=O)O)C(=O)O.O=C(O)Cc1ccc(O)cc1. The van der Waals surface area contributed by atoms with E-state index in [4.69, 9.17) is 54.2 Å². The largest absolute Gasteiger partial charge is 0.508 e. The molecule has 0 fully saturated rings. The Labute approximate surface area is 243 Å². The molecule has 0 saturated heterocycles. The molecular formula is C27H42N6O9. The van der Waals surface area contributed by atoms with Gasteiger partial charge in [0.15, 0.2) is 5.96 Å². The summed E-state index contributed by atoms with van der Waals surface area (Å²) in [5, 5.41) is 41.9. The van der Waals surface area contributed by atoms with Crippen LogP contribution in [-0.2, 0) is 32.0 Å². The Morgan fingerprint density at radius 1 is 0.738 bits per heavy atom. The fourth-order valence-corrected chi connectivity index (χ4v) is 2.65. The van der Waals surface area contributed by atoms with Crippen LogP contribution in [0.25, 0.3) is 0 Å². The number of carboxylic acid groups (broad SMARTS) is 4. The standard InChI is InChI=1S/C8H11N.C8H8O3.C6H14N4O2.C5H9NO4/c9-7-6-8-4-2-1-3-5-8;9-7-3-1-6(2-4-7)5-8(10)11;7-4(5(11)12)2-1-3-10-6(8)9;6-3(5(9)10)1-2-4(7)8/h1-5H,6-7,9H2;1-4,9H,5H2,(H,10,11);4H,1-3,7H2,(H,11,12)(H4,8,9,10);3H,1-2,6H2,(H,7,8)(H,9,10)/t;;4-;3-/m..11/s1. The van der Waals surface area contributed by atoms with Gasteiger partial charge in [0, 0.05) is 13.0 Å². The second-order valence-corrected chi connectivity index (χ2v) is 8.53. The van der Waals surface area contributed by atoms with Gasteiger partial charge in [-0.25, -0.2) is 0 Å². The Hall–Kier alpha value is -4.73. The molecule has 0 amide bonds. The monoisotopic (exact) mass is 594 g/mol. The van der Waals surface area contributed by atoms with E-state index in [0.717, 1.165) is 13.0 Å². The van der Waals surface area contributed by atoms with Crippen molar-refractivity contribution in [3.05, 3.63) is 65.7 Å². The van der Waals surface area contributed by atoms with Crippen molar-refractivity contribution < 1.29 is 44.7 Å². The van der Waals surface area contributed by atoms with Gasteiger partial charge in [0.1, 0.15) is 17.8 Å². The smallest absolute Gasteiger partial charge is 0.320 e. The van der Waals surface area contributed by atoms with Gasteiger partial charge < -0.3 is 54.2 Å². The Bertz CT molecular complexity index is 1080. The summed E-state index contributed by atoms with van der Waals surface area (Å²) >= 11 is 0. The van der Waals surface area contributed by atoms with Crippen LogP contribution in [0, 0.1) is 0 Å². The maximum absolute atomic E-state index is 10.2. The van der Waals surface area contributed by atoms with Crippen LogP contribution in [-0.4, -0.2) is 80.5 Å². The van der Waals surface area contributed by atoms with Gasteiger partial charge in [0.25, 0.3) is 0 Å². The number of nitrogens with two attached hydrogens (primary N) is 5. The maximum Gasteiger partial charge on any atom is 0.320 e. The lowest BCUT2D eigenvalue weighted by Crippen LogP contribution is -2.30. The van der Waals surface area contributed by atoms with Gasteiger partial charge in [-0.1, -0.05) is 42.5 Å². The van der Waals surface area contributed by atoms with Crippen molar-refractivity contribution >= 4 is 29.8 Å². The van der Waals surface area contributed by atoms with Gasteiger partial charge >= 0.3 is 23.9 Å². The molecule has 0 saturated carbocycles. The van der Waals surface area contributed by atoms with E-state index in [1.165, 1.54) is 17.7 Å². The lowest BCUT2D eigenvalue weighted by Gasteiger charge is -2.03. The number of phenols is 1. The van der Waals surface area contributed by atoms with E-state index in [1.54, 1.807) is 12.1 Å². The van der Waals surface area contributed by atoms with E-state index in [0.29, 0.717) is 24.9 Å². The van der Waals surface area contributed by atoms with Gasteiger partial charge in [-0.3, -0.25) is 24.2 Å². The van der Waals surface area contributed by atoms with Crippen molar-refractivity contribution in [2.45, 2.75) is 50.6 Å². The molecule has 0 unspecified atom stereocenters. The summed E-state index contributed by atoms with van der Waals surface area (Å²) in [7, 11) is 0. The molecule has 42 heavy (non-hydrogen) atoms. The number of carboxylic acids is 4. The molecule has 0 heterocycles. The molecule has 234 valence electrons. The second-order valence-electron chi connectivity index (χ2n) is 8.53. The lowest BCUT2D eigenvalue weighted by atomic mass is 10.1. The zero-order chi connectivity index (χ0) is 32.5. The first-order chi connectivity index (χ1) is 19.7. The van der Waals surface area contributed by atoms with E-state index in [-0.39, 0.29) is 31.0 Å². The van der Waals surface area contributed by atoms with Gasteiger partial charge in [0.05, 0.1) is 6.42 Å². The van der Waals surface area contributed by atoms with Crippen LogP contribution >= 0.6 is 0 Å². The number of aliphatic imine (C=N–C) groups is 1. The fourth-order valence-electron chi connectivity index (χ4n) is 2.65. The molecular weight excluding hydrogens is 552 g/mol. The third-order valence-corrected chi connectivity index (χ3v) is 4.84. The first-order valence-corrected chi connectivity index (χ1v) is 12.7. The second kappa shape index (κ2) is 24.1. The van der Waals surface area contributed by atoms with Crippen molar-refractivity contribution in [3.63, 3.8) is 0 Å². The van der Waals surface area contributed by atoms with Crippen LogP contribution in [0.2, 0.25) is 0 Å². The Morgan fingerprint density at radius 2 is 1.26 bits per heavy atom. The fraction of sp³-hybridized carbons (Fsp3) is 0.370. The number of rotatable bonds is 13. The number of hydrogen-bond donors (Lipinski definition) is 10. The number of carbonyl (C=O) groups is 4. The van der Waals surface area contributed by atoms with Crippen LogP contribution in [0.5, 0.6) is 5.75 Å². The number of hydrogen-bond acceptors (Lipinski definition) is 9. The van der Waals surface area contributed by atoms with Crippen molar-refractivity contribution in [2.24, 2.45) is 33.7 Å². The molecule has 0 radical (unpaired) electrons. The van der Waals surface area contributed by atoms with Crippen LogP contribution in [0.3, 0.4) is 0 Å². The number of guanidine groups is 1. The summed E-state index contributed by atoms with van der Waals surface area (Å²) in [6.45, 7) is 1.16.